The van der Waals surface area contributed by atoms with Crippen molar-refractivity contribution >= 4 is 62.2 Å². The second-order valence-corrected chi connectivity index (χ2v) is 7.36. The van der Waals surface area contributed by atoms with Crippen LogP contribution in [0.2, 0.25) is 0 Å². The van der Waals surface area contributed by atoms with Crippen LogP contribution in [0.4, 0.5) is 5.69 Å². The van der Waals surface area contributed by atoms with Crippen LogP contribution >= 0.6 is 38.5 Å². The molecule has 0 heterocycles. The third-order valence-corrected chi connectivity index (χ3v) is 4.58. The molecule has 2 aromatic carbocycles. The molecule has 0 radical (unpaired) electrons. The van der Waals surface area contributed by atoms with Gasteiger partial charge in [0.2, 0.25) is 0 Å². The van der Waals surface area contributed by atoms with Gasteiger partial charge in [0.1, 0.15) is 11.6 Å². The van der Waals surface area contributed by atoms with Crippen LogP contribution in [0.25, 0.3) is 6.08 Å². The van der Waals surface area contributed by atoms with Crippen molar-refractivity contribution in [3.8, 4) is 17.6 Å². The van der Waals surface area contributed by atoms with Crippen molar-refractivity contribution < 1.29 is 19.1 Å². The molecule has 0 aliphatic rings. The van der Waals surface area contributed by atoms with E-state index in [1.165, 1.54) is 20.1 Å². The third kappa shape index (κ3) is 5.80. The number of nitrogens with zero attached hydrogens (tertiary/aromatic N) is 1. The van der Waals surface area contributed by atoms with Gasteiger partial charge in [-0.05, 0) is 86.6 Å². The van der Waals surface area contributed by atoms with Gasteiger partial charge in [-0.25, -0.2) is 0 Å². The minimum atomic E-state index is -0.530. The zero-order chi connectivity index (χ0) is 20.0. The van der Waals surface area contributed by atoms with Gasteiger partial charge in [-0.2, -0.15) is 5.26 Å². The molecule has 0 aliphatic carbocycles. The van der Waals surface area contributed by atoms with Crippen LogP contribution in [-0.2, 0) is 9.59 Å². The van der Waals surface area contributed by atoms with E-state index in [0.29, 0.717) is 21.5 Å². The molecule has 8 heteroatoms. The van der Waals surface area contributed by atoms with E-state index in [-0.39, 0.29) is 11.3 Å². The van der Waals surface area contributed by atoms with E-state index in [4.69, 9.17) is 9.47 Å². The molecule has 0 saturated carbocycles. The van der Waals surface area contributed by atoms with E-state index in [1.54, 1.807) is 24.3 Å². The molecular formula is C19H14BrIN2O4. The van der Waals surface area contributed by atoms with Crippen LogP contribution < -0.4 is 14.8 Å². The Morgan fingerprint density at radius 3 is 2.48 bits per heavy atom. The highest BCUT2D eigenvalue weighted by molar-refractivity contribution is 14.1. The fourth-order valence-corrected chi connectivity index (χ4v) is 3.01. The minimum absolute atomic E-state index is 0.0808. The molecule has 0 fully saturated rings. The number of carbonyl (C=O) groups excluding carboxylic acids is 2. The van der Waals surface area contributed by atoms with Gasteiger partial charge in [-0.15, -0.1) is 0 Å². The monoisotopic (exact) mass is 540 g/mol. The number of esters is 1. The molecule has 6 nitrogen and oxygen atoms in total. The van der Waals surface area contributed by atoms with Gasteiger partial charge in [0.15, 0.2) is 11.5 Å². The lowest BCUT2D eigenvalue weighted by molar-refractivity contribution is -0.132. The lowest BCUT2D eigenvalue weighted by Crippen LogP contribution is -2.13. The maximum Gasteiger partial charge on any atom is 0.308 e. The number of carbonyl (C=O) groups is 2. The average molecular weight is 541 g/mol. The molecule has 1 amide bonds. The Bertz CT molecular complexity index is 949. The number of hydrogen-bond acceptors (Lipinski definition) is 5. The smallest absolute Gasteiger partial charge is 0.308 e. The Hall–Kier alpha value is -2.38. The summed E-state index contributed by atoms with van der Waals surface area (Å²) in [5, 5.41) is 12.0. The first kappa shape index (κ1) is 20.9. The Morgan fingerprint density at radius 2 is 1.93 bits per heavy atom. The van der Waals surface area contributed by atoms with Gasteiger partial charge in [0.25, 0.3) is 5.91 Å². The summed E-state index contributed by atoms with van der Waals surface area (Å²) >= 11 is 5.47. The van der Waals surface area contributed by atoms with Crippen molar-refractivity contribution in [3.63, 3.8) is 0 Å². The summed E-state index contributed by atoms with van der Waals surface area (Å²) in [4.78, 5) is 23.6. The quantitative estimate of drug-likeness (QED) is 0.198. The lowest BCUT2D eigenvalue weighted by atomic mass is 10.1. The average Bonchev–Trinajstić information content (AvgIpc) is 2.63. The summed E-state index contributed by atoms with van der Waals surface area (Å²) in [6.07, 6.45) is 1.42. The Labute approximate surface area is 178 Å². The van der Waals surface area contributed by atoms with Gasteiger partial charge >= 0.3 is 5.97 Å². The van der Waals surface area contributed by atoms with Crippen LogP contribution in [0.5, 0.6) is 11.5 Å². The first-order valence-electron chi connectivity index (χ1n) is 7.58. The summed E-state index contributed by atoms with van der Waals surface area (Å²) in [6.45, 7) is 1.28. The van der Waals surface area contributed by atoms with Crippen molar-refractivity contribution in [3.05, 3.63) is 55.6 Å². The summed E-state index contributed by atoms with van der Waals surface area (Å²) in [5.74, 6) is -0.505. The van der Waals surface area contributed by atoms with Gasteiger partial charge in [0.05, 0.1) is 11.6 Å². The summed E-state index contributed by atoms with van der Waals surface area (Å²) in [6, 6.07) is 12.3. The summed E-state index contributed by atoms with van der Waals surface area (Å²) in [7, 11) is 1.43. The van der Waals surface area contributed by atoms with E-state index in [2.05, 4.69) is 43.8 Å². The number of hydrogen-bond donors (Lipinski definition) is 1. The van der Waals surface area contributed by atoms with Crippen LogP contribution in [-0.4, -0.2) is 19.0 Å². The Morgan fingerprint density at radius 1 is 1.26 bits per heavy atom. The number of benzene rings is 2. The molecule has 1 N–H and O–H groups in total. The number of rotatable bonds is 5. The summed E-state index contributed by atoms with van der Waals surface area (Å²) in [5.41, 5.74) is 1.04. The lowest BCUT2D eigenvalue weighted by Gasteiger charge is -2.11. The number of nitrogens with one attached hydrogen (secondary N) is 1. The first-order chi connectivity index (χ1) is 12.8. The van der Waals surface area contributed by atoms with Crippen LogP contribution in [0.1, 0.15) is 12.5 Å². The molecule has 2 rings (SSSR count). The van der Waals surface area contributed by atoms with Crippen LogP contribution in [0.3, 0.4) is 0 Å². The molecule has 0 aliphatic heterocycles. The molecule has 27 heavy (non-hydrogen) atoms. The van der Waals surface area contributed by atoms with E-state index < -0.39 is 11.9 Å². The zero-order valence-electron chi connectivity index (χ0n) is 14.4. The maximum atomic E-state index is 12.4. The Balaban J connectivity index is 2.32. The third-order valence-electron chi connectivity index (χ3n) is 3.28. The highest BCUT2D eigenvalue weighted by Gasteiger charge is 2.15. The van der Waals surface area contributed by atoms with Crippen LogP contribution in [0.15, 0.2) is 46.4 Å². The predicted octanol–water partition coefficient (Wildman–Crippen LogP) is 4.53. The van der Waals surface area contributed by atoms with E-state index >= 15 is 0 Å². The number of anilines is 1. The van der Waals surface area contributed by atoms with Crippen molar-refractivity contribution in [1.29, 1.82) is 5.26 Å². The molecule has 0 spiro atoms. The number of nitriles is 1. The molecule has 138 valence electrons. The number of methoxy groups -OCH3 is 1. The Kier molecular flexibility index (Phi) is 7.38. The standard InChI is InChI=1S/C19H14BrIN2O4/c1-11(24)27-18-16(20)8-12(9-17(18)26-2)7-13(10-22)19(25)23-15-5-3-14(21)4-6-15/h3-9H,1-2H3,(H,23,25)/b13-7-. The second kappa shape index (κ2) is 9.53. The summed E-state index contributed by atoms with van der Waals surface area (Å²) < 4.78 is 11.8. The topological polar surface area (TPSA) is 88.4 Å². The first-order valence-corrected chi connectivity index (χ1v) is 9.46. The number of ether oxygens (including phenoxy) is 2. The van der Waals surface area contributed by atoms with Gasteiger partial charge in [-0.3, -0.25) is 9.59 Å². The van der Waals surface area contributed by atoms with Crippen molar-refractivity contribution in [2.75, 3.05) is 12.4 Å². The molecule has 0 saturated heterocycles. The van der Waals surface area contributed by atoms with E-state index in [0.717, 1.165) is 3.57 Å². The van der Waals surface area contributed by atoms with Gasteiger partial charge in [-0.1, -0.05) is 0 Å². The second-order valence-electron chi connectivity index (χ2n) is 5.26. The molecule has 0 unspecified atom stereocenters. The zero-order valence-corrected chi connectivity index (χ0v) is 18.1. The van der Waals surface area contributed by atoms with Crippen molar-refractivity contribution in [2.24, 2.45) is 0 Å². The highest BCUT2D eigenvalue weighted by Crippen LogP contribution is 2.37. The predicted molar refractivity (Wildman–Crippen MR) is 113 cm³/mol. The van der Waals surface area contributed by atoms with E-state index in [1.807, 2.05) is 18.2 Å². The number of amides is 1. The SMILES string of the molecule is COc1cc(/C=C(/C#N)C(=O)Nc2ccc(I)cc2)cc(Br)c1OC(C)=O. The molecule has 0 bridgehead atoms. The van der Waals surface area contributed by atoms with Crippen molar-refractivity contribution in [1.82, 2.24) is 0 Å². The largest absolute Gasteiger partial charge is 0.493 e. The molecule has 0 atom stereocenters. The molecule has 2 aromatic rings. The highest BCUT2D eigenvalue weighted by atomic mass is 127. The molecular weight excluding hydrogens is 527 g/mol. The van der Waals surface area contributed by atoms with E-state index in [9.17, 15) is 14.9 Å². The fraction of sp³-hybridized carbons (Fsp3) is 0.105. The fourth-order valence-electron chi connectivity index (χ4n) is 2.11. The van der Waals surface area contributed by atoms with Gasteiger partial charge < -0.3 is 14.8 Å². The normalized spacial score (nSPS) is 10.7. The minimum Gasteiger partial charge on any atom is -0.493 e. The maximum absolute atomic E-state index is 12.4. The number of halogens is 2. The van der Waals surface area contributed by atoms with Gasteiger partial charge in [0, 0.05) is 16.2 Å². The van der Waals surface area contributed by atoms with Crippen molar-refractivity contribution in [2.45, 2.75) is 6.92 Å². The molecule has 0 aromatic heterocycles. The van der Waals surface area contributed by atoms with Crippen LogP contribution in [0, 0.1) is 14.9 Å².